The summed E-state index contributed by atoms with van der Waals surface area (Å²) in [6.45, 7) is 0. The van der Waals surface area contributed by atoms with Crippen LogP contribution in [0.25, 0.3) is 0 Å². The molecule has 1 heterocycles. The first-order chi connectivity index (χ1) is 6.18. The van der Waals surface area contributed by atoms with Crippen LogP contribution in [0.1, 0.15) is 31.4 Å². The third-order valence-electron chi connectivity index (χ3n) is 2.69. The summed E-state index contributed by atoms with van der Waals surface area (Å²) in [6.07, 6.45) is 6.61. The minimum absolute atomic E-state index is 0.504. The van der Waals surface area contributed by atoms with Crippen LogP contribution < -0.4 is 0 Å². The Morgan fingerprint density at radius 1 is 1.54 bits per heavy atom. The van der Waals surface area contributed by atoms with Gasteiger partial charge in [-0.3, -0.25) is 4.68 Å². The monoisotopic (exact) mass is 181 g/mol. The highest BCUT2D eigenvalue weighted by atomic mass is 16.3. The van der Waals surface area contributed by atoms with Crippen molar-refractivity contribution in [1.82, 2.24) is 15.0 Å². The minimum Gasteiger partial charge on any atom is -0.389 e. The van der Waals surface area contributed by atoms with Gasteiger partial charge in [-0.15, -0.1) is 5.10 Å². The van der Waals surface area contributed by atoms with Crippen molar-refractivity contribution < 1.29 is 5.11 Å². The normalized spacial score (nSPS) is 20.8. The molecule has 1 saturated carbocycles. The molecular weight excluding hydrogens is 166 g/mol. The molecule has 2 rings (SSSR count). The molecule has 1 aliphatic carbocycles. The van der Waals surface area contributed by atoms with Gasteiger partial charge in [0.1, 0.15) is 0 Å². The fourth-order valence-corrected chi connectivity index (χ4v) is 2.02. The second-order valence-corrected chi connectivity index (χ2v) is 3.99. The van der Waals surface area contributed by atoms with Gasteiger partial charge in [-0.25, -0.2) is 0 Å². The topological polar surface area (TPSA) is 50.9 Å². The molecule has 0 aliphatic heterocycles. The van der Waals surface area contributed by atoms with Gasteiger partial charge < -0.3 is 5.11 Å². The van der Waals surface area contributed by atoms with Crippen LogP contribution in [-0.2, 0) is 13.5 Å². The van der Waals surface area contributed by atoms with Crippen LogP contribution in [0.15, 0.2) is 6.20 Å². The van der Waals surface area contributed by atoms with Gasteiger partial charge in [0.25, 0.3) is 0 Å². The second-order valence-electron chi connectivity index (χ2n) is 3.99. The van der Waals surface area contributed by atoms with Crippen LogP contribution in [0.4, 0.5) is 0 Å². The molecule has 1 aromatic heterocycles. The summed E-state index contributed by atoms with van der Waals surface area (Å²) in [5.41, 5.74) is 0.391. The van der Waals surface area contributed by atoms with Crippen molar-refractivity contribution in [3.63, 3.8) is 0 Å². The lowest BCUT2D eigenvalue weighted by Gasteiger charge is -2.19. The summed E-state index contributed by atoms with van der Waals surface area (Å²) in [5, 5.41) is 17.9. The van der Waals surface area contributed by atoms with E-state index in [0.29, 0.717) is 6.42 Å². The average molecular weight is 181 g/mol. The van der Waals surface area contributed by atoms with Crippen molar-refractivity contribution in [3.8, 4) is 0 Å². The largest absolute Gasteiger partial charge is 0.389 e. The predicted molar refractivity (Wildman–Crippen MR) is 48.1 cm³/mol. The van der Waals surface area contributed by atoms with E-state index < -0.39 is 5.60 Å². The van der Waals surface area contributed by atoms with Crippen molar-refractivity contribution in [3.05, 3.63) is 11.9 Å². The molecule has 1 aliphatic rings. The number of hydrogen-bond acceptors (Lipinski definition) is 3. The van der Waals surface area contributed by atoms with Crippen LogP contribution in [0.2, 0.25) is 0 Å². The molecule has 0 atom stereocenters. The highest BCUT2D eigenvalue weighted by molar-refractivity contribution is 5.01. The zero-order valence-corrected chi connectivity index (χ0v) is 7.90. The summed E-state index contributed by atoms with van der Waals surface area (Å²) in [5.74, 6) is 0. The Hall–Kier alpha value is -0.900. The molecule has 0 amide bonds. The lowest BCUT2D eigenvalue weighted by Crippen LogP contribution is -2.27. The van der Waals surface area contributed by atoms with Crippen LogP contribution in [0.5, 0.6) is 0 Å². The maximum atomic E-state index is 10.1. The van der Waals surface area contributed by atoms with Crippen LogP contribution in [0.3, 0.4) is 0 Å². The van der Waals surface area contributed by atoms with Gasteiger partial charge in [-0.1, -0.05) is 18.1 Å². The van der Waals surface area contributed by atoms with Gasteiger partial charge in [0.2, 0.25) is 0 Å². The molecule has 72 valence electrons. The van der Waals surface area contributed by atoms with Gasteiger partial charge >= 0.3 is 0 Å². The van der Waals surface area contributed by atoms with Gasteiger partial charge in [0, 0.05) is 19.7 Å². The highest BCUT2D eigenvalue weighted by Crippen LogP contribution is 2.31. The zero-order valence-electron chi connectivity index (χ0n) is 7.90. The summed E-state index contributed by atoms with van der Waals surface area (Å²) in [4.78, 5) is 0. The lowest BCUT2D eigenvalue weighted by molar-refractivity contribution is 0.0472. The lowest BCUT2D eigenvalue weighted by atomic mass is 9.96. The number of aryl methyl sites for hydroxylation is 1. The molecule has 1 N–H and O–H groups in total. The number of aliphatic hydroxyl groups is 1. The number of rotatable bonds is 2. The van der Waals surface area contributed by atoms with E-state index in [1.807, 2.05) is 13.2 Å². The Kier molecular flexibility index (Phi) is 2.07. The number of hydrogen-bond donors (Lipinski definition) is 1. The molecule has 1 fully saturated rings. The van der Waals surface area contributed by atoms with Crippen LogP contribution in [-0.4, -0.2) is 25.7 Å². The van der Waals surface area contributed by atoms with Crippen LogP contribution in [0, 0.1) is 0 Å². The summed E-state index contributed by atoms with van der Waals surface area (Å²) in [7, 11) is 1.84. The van der Waals surface area contributed by atoms with Crippen molar-refractivity contribution in [2.45, 2.75) is 37.7 Å². The Morgan fingerprint density at radius 2 is 2.23 bits per heavy atom. The van der Waals surface area contributed by atoms with E-state index in [0.717, 1.165) is 31.4 Å². The molecule has 13 heavy (non-hydrogen) atoms. The van der Waals surface area contributed by atoms with E-state index in [1.54, 1.807) is 4.68 Å². The van der Waals surface area contributed by atoms with Gasteiger partial charge in [0.15, 0.2) is 0 Å². The summed E-state index contributed by atoms with van der Waals surface area (Å²) >= 11 is 0. The Morgan fingerprint density at radius 3 is 2.77 bits per heavy atom. The molecule has 0 bridgehead atoms. The van der Waals surface area contributed by atoms with Gasteiger partial charge in [0.05, 0.1) is 11.3 Å². The van der Waals surface area contributed by atoms with E-state index in [1.165, 1.54) is 0 Å². The fourth-order valence-electron chi connectivity index (χ4n) is 2.02. The smallest absolute Gasteiger partial charge is 0.0855 e. The Balaban J connectivity index is 2.04. The van der Waals surface area contributed by atoms with Crippen LogP contribution >= 0.6 is 0 Å². The van der Waals surface area contributed by atoms with Gasteiger partial charge in [-0.05, 0) is 12.8 Å². The Bertz CT molecular complexity index is 289. The molecule has 1 aromatic rings. The molecule has 0 spiro atoms. The highest BCUT2D eigenvalue weighted by Gasteiger charge is 2.31. The quantitative estimate of drug-likeness (QED) is 0.729. The standard InChI is InChI=1S/C9H15N3O/c1-12-7-8(10-11-12)6-9(13)4-2-3-5-9/h7,13H,2-6H2,1H3. The fraction of sp³-hybridized carbons (Fsp3) is 0.778. The first-order valence-corrected chi connectivity index (χ1v) is 4.76. The molecule has 4 nitrogen and oxygen atoms in total. The number of nitrogens with zero attached hydrogens (tertiary/aromatic N) is 3. The molecule has 0 saturated heterocycles. The predicted octanol–water partition coefficient (Wildman–Crippen LogP) is 0.663. The third kappa shape index (κ3) is 1.88. The maximum absolute atomic E-state index is 10.1. The van der Waals surface area contributed by atoms with E-state index in [4.69, 9.17) is 0 Å². The summed E-state index contributed by atoms with van der Waals surface area (Å²) in [6, 6.07) is 0. The van der Waals surface area contributed by atoms with Crippen molar-refractivity contribution in [2.24, 2.45) is 7.05 Å². The molecule has 0 radical (unpaired) electrons. The minimum atomic E-state index is -0.504. The van der Waals surface area contributed by atoms with E-state index in [-0.39, 0.29) is 0 Å². The van der Waals surface area contributed by atoms with Crippen molar-refractivity contribution in [1.29, 1.82) is 0 Å². The SMILES string of the molecule is Cn1cc(CC2(O)CCCC2)nn1. The van der Waals surface area contributed by atoms with E-state index in [2.05, 4.69) is 10.3 Å². The first kappa shape index (κ1) is 8.69. The van der Waals surface area contributed by atoms with Crippen molar-refractivity contribution in [2.75, 3.05) is 0 Å². The third-order valence-corrected chi connectivity index (χ3v) is 2.69. The van der Waals surface area contributed by atoms with Crippen molar-refractivity contribution >= 4 is 0 Å². The molecule has 4 heteroatoms. The molecule has 0 unspecified atom stereocenters. The first-order valence-electron chi connectivity index (χ1n) is 4.76. The molecular formula is C9H15N3O. The summed E-state index contributed by atoms with van der Waals surface area (Å²) < 4.78 is 1.67. The van der Waals surface area contributed by atoms with E-state index >= 15 is 0 Å². The molecule has 0 aromatic carbocycles. The second kappa shape index (κ2) is 3.10. The maximum Gasteiger partial charge on any atom is 0.0855 e. The van der Waals surface area contributed by atoms with E-state index in [9.17, 15) is 5.11 Å². The number of aromatic nitrogens is 3. The zero-order chi connectivity index (χ0) is 9.31. The van der Waals surface area contributed by atoms with Gasteiger partial charge in [-0.2, -0.15) is 0 Å². The average Bonchev–Trinajstić information content (AvgIpc) is 2.62. The Labute approximate surface area is 77.6 Å².